The zero-order valence-electron chi connectivity index (χ0n) is 13.0. The highest BCUT2D eigenvalue weighted by molar-refractivity contribution is 5.61. The second kappa shape index (κ2) is 6.76. The van der Waals surface area contributed by atoms with E-state index in [1.807, 2.05) is 31.2 Å². The summed E-state index contributed by atoms with van der Waals surface area (Å²) in [6.45, 7) is 7.07. The number of rotatable bonds is 7. The van der Waals surface area contributed by atoms with Crippen molar-refractivity contribution < 1.29 is 9.52 Å². The van der Waals surface area contributed by atoms with Crippen LogP contribution in [-0.2, 0) is 0 Å². The SMILES string of the molecule is CCC(CC)(CO)CNc1ccc(-c2coc(C)n2)cc1. The van der Waals surface area contributed by atoms with E-state index in [9.17, 15) is 5.11 Å². The minimum absolute atomic E-state index is 0.0398. The number of oxazole rings is 1. The largest absolute Gasteiger partial charge is 0.449 e. The number of hydrogen-bond acceptors (Lipinski definition) is 4. The van der Waals surface area contributed by atoms with Gasteiger partial charge in [0.2, 0.25) is 0 Å². The predicted molar refractivity (Wildman–Crippen MR) is 85.3 cm³/mol. The third-order valence-electron chi connectivity index (χ3n) is 4.30. The fraction of sp³-hybridized carbons (Fsp3) is 0.471. The van der Waals surface area contributed by atoms with Crippen LogP contribution in [0.25, 0.3) is 11.3 Å². The van der Waals surface area contributed by atoms with Crippen LogP contribution in [0.1, 0.15) is 32.6 Å². The van der Waals surface area contributed by atoms with Gasteiger partial charge in [0.15, 0.2) is 5.89 Å². The number of hydrogen-bond donors (Lipinski definition) is 2. The number of nitrogens with one attached hydrogen (secondary N) is 1. The predicted octanol–water partition coefficient (Wildman–Crippen LogP) is 3.86. The molecule has 0 fully saturated rings. The van der Waals surface area contributed by atoms with Gasteiger partial charge in [0.05, 0.1) is 6.61 Å². The van der Waals surface area contributed by atoms with Crippen LogP contribution in [0.5, 0.6) is 0 Å². The monoisotopic (exact) mass is 288 g/mol. The molecule has 0 bridgehead atoms. The smallest absolute Gasteiger partial charge is 0.191 e. The van der Waals surface area contributed by atoms with Gasteiger partial charge in [-0.15, -0.1) is 0 Å². The first-order valence-electron chi connectivity index (χ1n) is 7.50. The Morgan fingerprint density at radius 3 is 2.33 bits per heavy atom. The molecular formula is C17H24N2O2. The van der Waals surface area contributed by atoms with Crippen LogP contribution in [0.3, 0.4) is 0 Å². The molecule has 0 atom stereocenters. The number of aliphatic hydroxyl groups is 1. The van der Waals surface area contributed by atoms with E-state index in [-0.39, 0.29) is 12.0 Å². The molecular weight excluding hydrogens is 264 g/mol. The third kappa shape index (κ3) is 3.64. The number of aryl methyl sites for hydroxylation is 1. The van der Waals surface area contributed by atoms with E-state index >= 15 is 0 Å². The average molecular weight is 288 g/mol. The maximum Gasteiger partial charge on any atom is 0.191 e. The van der Waals surface area contributed by atoms with Crippen LogP contribution < -0.4 is 5.32 Å². The molecule has 0 saturated heterocycles. The van der Waals surface area contributed by atoms with Crippen molar-refractivity contribution in [3.63, 3.8) is 0 Å². The van der Waals surface area contributed by atoms with Gasteiger partial charge in [0.25, 0.3) is 0 Å². The molecule has 0 spiro atoms. The summed E-state index contributed by atoms with van der Waals surface area (Å²) in [6, 6.07) is 8.12. The molecule has 0 unspecified atom stereocenters. The highest BCUT2D eigenvalue weighted by Gasteiger charge is 2.24. The van der Waals surface area contributed by atoms with Gasteiger partial charge in [-0.05, 0) is 25.0 Å². The molecule has 1 heterocycles. The van der Waals surface area contributed by atoms with Crippen LogP contribution in [-0.4, -0.2) is 23.2 Å². The molecule has 0 amide bonds. The lowest BCUT2D eigenvalue weighted by Crippen LogP contribution is -2.32. The summed E-state index contributed by atoms with van der Waals surface area (Å²) >= 11 is 0. The first-order chi connectivity index (χ1) is 10.1. The number of aromatic nitrogens is 1. The maximum atomic E-state index is 9.59. The van der Waals surface area contributed by atoms with Crippen molar-refractivity contribution in [1.29, 1.82) is 0 Å². The highest BCUT2D eigenvalue weighted by atomic mass is 16.3. The number of nitrogens with zero attached hydrogens (tertiary/aromatic N) is 1. The van der Waals surface area contributed by atoms with E-state index in [1.165, 1.54) is 0 Å². The molecule has 4 heteroatoms. The Bertz CT molecular complexity index is 548. The Morgan fingerprint density at radius 1 is 1.19 bits per heavy atom. The summed E-state index contributed by atoms with van der Waals surface area (Å²) in [4.78, 5) is 4.32. The standard InChI is InChI=1S/C17H24N2O2/c1-4-17(5-2,12-20)11-18-15-8-6-14(7-9-15)16-10-21-13(3)19-16/h6-10,18,20H,4-5,11-12H2,1-3H3. The molecule has 0 aliphatic carbocycles. The molecule has 0 saturated carbocycles. The van der Waals surface area contributed by atoms with Gasteiger partial charge in [-0.1, -0.05) is 26.0 Å². The van der Waals surface area contributed by atoms with E-state index in [4.69, 9.17) is 4.42 Å². The lowest BCUT2D eigenvalue weighted by atomic mass is 9.83. The number of anilines is 1. The van der Waals surface area contributed by atoms with E-state index in [1.54, 1.807) is 6.26 Å². The topological polar surface area (TPSA) is 58.3 Å². The summed E-state index contributed by atoms with van der Waals surface area (Å²) in [5.41, 5.74) is 2.91. The van der Waals surface area contributed by atoms with Gasteiger partial charge in [-0.2, -0.15) is 0 Å². The third-order valence-corrected chi connectivity index (χ3v) is 4.30. The Balaban J connectivity index is 2.03. The maximum absolute atomic E-state index is 9.59. The quantitative estimate of drug-likeness (QED) is 0.812. The van der Waals surface area contributed by atoms with E-state index in [2.05, 4.69) is 24.1 Å². The molecule has 0 aliphatic rings. The van der Waals surface area contributed by atoms with Crippen LogP contribution in [0.4, 0.5) is 5.69 Å². The average Bonchev–Trinajstić information content (AvgIpc) is 2.96. The molecule has 1 aromatic heterocycles. The Hall–Kier alpha value is -1.81. The molecule has 2 rings (SSSR count). The molecule has 2 aromatic rings. The highest BCUT2D eigenvalue weighted by Crippen LogP contribution is 2.27. The van der Waals surface area contributed by atoms with Crippen molar-refractivity contribution in [1.82, 2.24) is 4.98 Å². The molecule has 114 valence electrons. The van der Waals surface area contributed by atoms with Crippen molar-refractivity contribution in [2.24, 2.45) is 5.41 Å². The molecule has 4 nitrogen and oxygen atoms in total. The van der Waals surface area contributed by atoms with Crippen LogP contribution in [0, 0.1) is 12.3 Å². The molecule has 2 N–H and O–H groups in total. The lowest BCUT2D eigenvalue weighted by Gasteiger charge is -2.30. The Kier molecular flexibility index (Phi) is 5.02. The van der Waals surface area contributed by atoms with Gasteiger partial charge in [0.1, 0.15) is 12.0 Å². The fourth-order valence-electron chi connectivity index (χ4n) is 2.32. The summed E-state index contributed by atoms with van der Waals surface area (Å²) in [5, 5.41) is 13.0. The van der Waals surface area contributed by atoms with E-state index < -0.39 is 0 Å². The van der Waals surface area contributed by atoms with Gasteiger partial charge >= 0.3 is 0 Å². The van der Waals surface area contributed by atoms with E-state index in [0.29, 0.717) is 5.89 Å². The minimum atomic E-state index is -0.0398. The first kappa shape index (κ1) is 15.6. The second-order valence-electron chi connectivity index (χ2n) is 5.55. The van der Waals surface area contributed by atoms with E-state index in [0.717, 1.165) is 36.3 Å². The van der Waals surface area contributed by atoms with Crippen molar-refractivity contribution >= 4 is 5.69 Å². The summed E-state index contributed by atoms with van der Waals surface area (Å²) in [5.74, 6) is 0.672. The summed E-state index contributed by atoms with van der Waals surface area (Å²) < 4.78 is 5.23. The number of benzene rings is 1. The fourth-order valence-corrected chi connectivity index (χ4v) is 2.32. The molecule has 0 radical (unpaired) electrons. The van der Waals surface area contributed by atoms with Crippen molar-refractivity contribution in [3.05, 3.63) is 36.4 Å². The minimum Gasteiger partial charge on any atom is -0.449 e. The molecule has 21 heavy (non-hydrogen) atoms. The van der Waals surface area contributed by atoms with Crippen LogP contribution in [0.2, 0.25) is 0 Å². The lowest BCUT2D eigenvalue weighted by molar-refractivity contribution is 0.127. The molecule has 0 aliphatic heterocycles. The first-order valence-corrected chi connectivity index (χ1v) is 7.50. The van der Waals surface area contributed by atoms with Gasteiger partial charge < -0.3 is 14.8 Å². The Labute approximate surface area is 126 Å². The molecule has 1 aromatic carbocycles. The summed E-state index contributed by atoms with van der Waals surface area (Å²) in [7, 11) is 0. The van der Waals surface area contributed by atoms with Crippen molar-refractivity contribution in [2.45, 2.75) is 33.6 Å². The van der Waals surface area contributed by atoms with Crippen LogP contribution >= 0.6 is 0 Å². The van der Waals surface area contributed by atoms with Crippen molar-refractivity contribution in [2.75, 3.05) is 18.5 Å². The zero-order chi connectivity index (χ0) is 15.3. The number of aliphatic hydroxyl groups excluding tert-OH is 1. The van der Waals surface area contributed by atoms with Gasteiger partial charge in [-0.3, -0.25) is 0 Å². The van der Waals surface area contributed by atoms with Crippen LogP contribution in [0.15, 0.2) is 34.9 Å². The van der Waals surface area contributed by atoms with Crippen molar-refractivity contribution in [3.8, 4) is 11.3 Å². The Morgan fingerprint density at radius 2 is 1.86 bits per heavy atom. The zero-order valence-corrected chi connectivity index (χ0v) is 13.0. The summed E-state index contributed by atoms with van der Waals surface area (Å²) in [6.07, 6.45) is 3.59. The normalized spacial score (nSPS) is 11.6. The second-order valence-corrected chi connectivity index (χ2v) is 5.55. The van der Waals surface area contributed by atoms with Gasteiger partial charge in [0, 0.05) is 30.1 Å². The van der Waals surface area contributed by atoms with Gasteiger partial charge in [-0.25, -0.2) is 4.98 Å².